The molecule has 19 heavy (non-hydrogen) atoms. The molecule has 2 N–H and O–H groups in total. The van der Waals surface area contributed by atoms with Crippen LogP contribution in [0.15, 0.2) is 0 Å². The second kappa shape index (κ2) is 5.28. The van der Waals surface area contributed by atoms with Crippen molar-refractivity contribution in [1.29, 1.82) is 0 Å². The lowest BCUT2D eigenvalue weighted by Gasteiger charge is -2.22. The molecule has 2 heterocycles. The van der Waals surface area contributed by atoms with Gasteiger partial charge in [0.15, 0.2) is 0 Å². The minimum Gasteiger partial charge on any atom is -0.346 e. The molecule has 0 radical (unpaired) electrons. The number of rotatable bonds is 3. The van der Waals surface area contributed by atoms with Crippen LogP contribution in [0.2, 0.25) is 0 Å². The summed E-state index contributed by atoms with van der Waals surface area (Å²) in [5, 5.41) is 9.36. The lowest BCUT2D eigenvalue weighted by molar-refractivity contribution is 0.0924. The van der Waals surface area contributed by atoms with Crippen LogP contribution < -0.4 is 5.32 Å². The fourth-order valence-corrected chi connectivity index (χ4v) is 3.41. The standard InChI is InChI=1S/C11H18N4O3S/c1-7(2)9-13-10(15-14-9)11(16)12-8-3-5-19(17,18)6-4-8/h7-8H,3-6H2,1-2H3,(H,12,16)(H,13,14,15). The average Bonchev–Trinajstić information content (AvgIpc) is 2.81. The van der Waals surface area contributed by atoms with Crippen molar-refractivity contribution in [3.05, 3.63) is 11.6 Å². The number of H-pyrrole nitrogens is 1. The summed E-state index contributed by atoms with van der Waals surface area (Å²) >= 11 is 0. The van der Waals surface area contributed by atoms with Crippen LogP contribution in [0, 0.1) is 0 Å². The first-order valence-corrected chi connectivity index (χ1v) is 8.13. The molecule has 1 aliphatic heterocycles. The Morgan fingerprint density at radius 2 is 2.00 bits per heavy atom. The highest BCUT2D eigenvalue weighted by Gasteiger charge is 2.26. The zero-order valence-electron chi connectivity index (χ0n) is 11.0. The number of nitrogens with zero attached hydrogens (tertiary/aromatic N) is 2. The number of nitrogens with one attached hydrogen (secondary N) is 2. The molecule has 7 nitrogen and oxygen atoms in total. The summed E-state index contributed by atoms with van der Waals surface area (Å²) in [6.07, 6.45) is 0.908. The van der Waals surface area contributed by atoms with E-state index in [2.05, 4.69) is 20.5 Å². The molecule has 0 saturated carbocycles. The fourth-order valence-electron chi connectivity index (χ4n) is 1.92. The van der Waals surface area contributed by atoms with E-state index in [0.717, 1.165) is 0 Å². The summed E-state index contributed by atoms with van der Waals surface area (Å²) < 4.78 is 22.6. The molecule has 1 amide bonds. The monoisotopic (exact) mass is 286 g/mol. The van der Waals surface area contributed by atoms with Gasteiger partial charge in [-0.3, -0.25) is 9.89 Å². The third kappa shape index (κ3) is 3.52. The molecule has 1 aromatic rings. The van der Waals surface area contributed by atoms with E-state index in [9.17, 15) is 13.2 Å². The van der Waals surface area contributed by atoms with Crippen LogP contribution in [0.25, 0.3) is 0 Å². The van der Waals surface area contributed by atoms with Crippen molar-refractivity contribution in [3.8, 4) is 0 Å². The highest BCUT2D eigenvalue weighted by Crippen LogP contribution is 2.13. The quantitative estimate of drug-likeness (QED) is 0.828. The molecule has 8 heteroatoms. The van der Waals surface area contributed by atoms with E-state index >= 15 is 0 Å². The van der Waals surface area contributed by atoms with Crippen LogP contribution in [0.5, 0.6) is 0 Å². The van der Waals surface area contributed by atoms with Crippen LogP contribution in [0.1, 0.15) is 49.1 Å². The summed E-state index contributed by atoms with van der Waals surface area (Å²) in [6, 6.07) is -0.114. The van der Waals surface area contributed by atoms with E-state index in [4.69, 9.17) is 0 Å². The molecular formula is C11H18N4O3S. The summed E-state index contributed by atoms with van der Waals surface area (Å²) in [5.41, 5.74) is 0. The van der Waals surface area contributed by atoms with E-state index in [1.54, 1.807) is 0 Å². The Kier molecular flexibility index (Phi) is 3.88. The number of aromatic amines is 1. The van der Waals surface area contributed by atoms with Crippen molar-refractivity contribution in [2.75, 3.05) is 11.5 Å². The van der Waals surface area contributed by atoms with Gasteiger partial charge in [-0.2, -0.15) is 0 Å². The second-order valence-electron chi connectivity index (χ2n) is 5.10. The van der Waals surface area contributed by atoms with Crippen molar-refractivity contribution in [2.45, 2.75) is 38.6 Å². The van der Waals surface area contributed by atoms with Crippen LogP contribution in [0.3, 0.4) is 0 Å². The molecule has 2 rings (SSSR count). The molecule has 106 valence electrons. The highest BCUT2D eigenvalue weighted by molar-refractivity contribution is 7.91. The molecule has 1 saturated heterocycles. The molecule has 0 bridgehead atoms. The molecular weight excluding hydrogens is 268 g/mol. The Balaban J connectivity index is 1.94. The largest absolute Gasteiger partial charge is 0.346 e. The van der Waals surface area contributed by atoms with Gasteiger partial charge >= 0.3 is 0 Å². The number of carbonyl (C=O) groups excluding carboxylic acids is 1. The SMILES string of the molecule is CC(C)c1nc(C(=O)NC2CCS(=O)(=O)CC2)n[nH]1. The van der Waals surface area contributed by atoms with Crippen molar-refractivity contribution >= 4 is 15.7 Å². The first kappa shape index (κ1) is 14.0. The summed E-state index contributed by atoms with van der Waals surface area (Å²) in [4.78, 5) is 16.0. The lowest BCUT2D eigenvalue weighted by atomic mass is 10.1. The van der Waals surface area contributed by atoms with E-state index in [0.29, 0.717) is 18.7 Å². The van der Waals surface area contributed by atoms with E-state index in [1.165, 1.54) is 0 Å². The maximum atomic E-state index is 11.9. The third-order valence-electron chi connectivity index (χ3n) is 3.14. The summed E-state index contributed by atoms with van der Waals surface area (Å²) in [6.45, 7) is 3.91. The van der Waals surface area contributed by atoms with Gasteiger partial charge in [-0.05, 0) is 12.8 Å². The van der Waals surface area contributed by atoms with Crippen molar-refractivity contribution in [3.63, 3.8) is 0 Å². The van der Waals surface area contributed by atoms with Gasteiger partial charge in [0.1, 0.15) is 15.7 Å². The molecule has 1 aromatic heterocycles. The van der Waals surface area contributed by atoms with Gasteiger partial charge < -0.3 is 5.32 Å². The first-order chi connectivity index (χ1) is 8.87. The maximum Gasteiger partial charge on any atom is 0.291 e. The zero-order valence-corrected chi connectivity index (χ0v) is 11.8. The van der Waals surface area contributed by atoms with Gasteiger partial charge in [0, 0.05) is 12.0 Å². The average molecular weight is 286 g/mol. The van der Waals surface area contributed by atoms with Crippen molar-refractivity contribution in [2.24, 2.45) is 0 Å². The Hall–Kier alpha value is -1.44. The predicted molar refractivity (Wildman–Crippen MR) is 69.6 cm³/mol. The van der Waals surface area contributed by atoms with E-state index < -0.39 is 9.84 Å². The zero-order chi connectivity index (χ0) is 14.0. The van der Waals surface area contributed by atoms with Crippen molar-refractivity contribution < 1.29 is 13.2 Å². The third-order valence-corrected chi connectivity index (χ3v) is 4.86. The number of amides is 1. The predicted octanol–water partition coefficient (Wildman–Crippen LogP) is 0.235. The Morgan fingerprint density at radius 1 is 1.37 bits per heavy atom. The topological polar surface area (TPSA) is 105 Å². The molecule has 0 atom stereocenters. The molecule has 1 fully saturated rings. The van der Waals surface area contributed by atoms with E-state index in [-0.39, 0.29) is 35.2 Å². The van der Waals surface area contributed by atoms with Crippen LogP contribution >= 0.6 is 0 Å². The number of aromatic nitrogens is 3. The number of hydrogen-bond acceptors (Lipinski definition) is 5. The van der Waals surface area contributed by atoms with Gasteiger partial charge in [0.05, 0.1) is 11.5 Å². The smallest absolute Gasteiger partial charge is 0.291 e. The number of hydrogen-bond donors (Lipinski definition) is 2. The van der Waals surface area contributed by atoms with Crippen LogP contribution in [-0.4, -0.2) is 47.1 Å². The van der Waals surface area contributed by atoms with E-state index in [1.807, 2.05) is 13.8 Å². The van der Waals surface area contributed by atoms with Crippen LogP contribution in [0.4, 0.5) is 0 Å². The Bertz CT molecular complexity index is 550. The number of sulfone groups is 1. The van der Waals surface area contributed by atoms with Crippen LogP contribution in [-0.2, 0) is 9.84 Å². The van der Waals surface area contributed by atoms with Gasteiger partial charge in [-0.25, -0.2) is 13.4 Å². The first-order valence-electron chi connectivity index (χ1n) is 6.31. The second-order valence-corrected chi connectivity index (χ2v) is 7.40. The lowest BCUT2D eigenvalue weighted by Crippen LogP contribution is -2.41. The minimum atomic E-state index is -2.91. The fraction of sp³-hybridized carbons (Fsp3) is 0.727. The normalized spacial score (nSPS) is 19.5. The Morgan fingerprint density at radius 3 is 2.53 bits per heavy atom. The maximum absolute atomic E-state index is 11.9. The van der Waals surface area contributed by atoms with Crippen molar-refractivity contribution in [1.82, 2.24) is 20.5 Å². The van der Waals surface area contributed by atoms with Gasteiger partial charge in [0.25, 0.3) is 5.91 Å². The Labute approximate surface area is 112 Å². The molecule has 0 aromatic carbocycles. The van der Waals surface area contributed by atoms with Gasteiger partial charge in [-0.1, -0.05) is 13.8 Å². The van der Waals surface area contributed by atoms with Gasteiger partial charge in [0.2, 0.25) is 5.82 Å². The molecule has 1 aliphatic rings. The highest BCUT2D eigenvalue weighted by atomic mass is 32.2. The summed E-state index contributed by atoms with van der Waals surface area (Å²) in [5.74, 6) is 0.849. The summed E-state index contributed by atoms with van der Waals surface area (Å²) in [7, 11) is -2.91. The van der Waals surface area contributed by atoms with Gasteiger partial charge in [-0.15, -0.1) is 5.10 Å². The minimum absolute atomic E-state index is 0.108. The molecule has 0 unspecified atom stereocenters. The molecule has 0 spiro atoms. The number of carbonyl (C=O) groups is 1. The molecule has 0 aliphatic carbocycles.